The Labute approximate surface area is 123 Å². The minimum absolute atomic E-state index is 0.0542. The topological polar surface area (TPSA) is 32.8 Å². The summed E-state index contributed by atoms with van der Waals surface area (Å²) in [6.45, 7) is 8.12. The standard InChI is InChI=1S/C16H30N2O2/c1-13(2)17-10-7-14(8-11-17)18-9-5-4-6-15(18)12-16(19)20-3/h13-15H,4-12H2,1-3H3. The molecule has 20 heavy (non-hydrogen) atoms. The van der Waals surface area contributed by atoms with Gasteiger partial charge in [0.1, 0.15) is 0 Å². The van der Waals surface area contributed by atoms with Crippen molar-refractivity contribution in [2.75, 3.05) is 26.7 Å². The van der Waals surface area contributed by atoms with Crippen molar-refractivity contribution in [2.24, 2.45) is 0 Å². The highest BCUT2D eigenvalue weighted by Gasteiger charge is 2.32. The Morgan fingerprint density at radius 2 is 1.85 bits per heavy atom. The van der Waals surface area contributed by atoms with Gasteiger partial charge >= 0.3 is 5.97 Å². The van der Waals surface area contributed by atoms with Gasteiger partial charge in [0, 0.05) is 18.1 Å². The number of hydrogen-bond donors (Lipinski definition) is 0. The SMILES string of the molecule is COC(=O)CC1CCCCN1C1CCN(C(C)C)CC1. The van der Waals surface area contributed by atoms with E-state index in [4.69, 9.17) is 4.74 Å². The molecule has 4 nitrogen and oxygen atoms in total. The van der Waals surface area contributed by atoms with E-state index in [0.717, 1.165) is 13.0 Å². The zero-order valence-corrected chi connectivity index (χ0v) is 13.3. The van der Waals surface area contributed by atoms with E-state index in [2.05, 4.69) is 23.6 Å². The smallest absolute Gasteiger partial charge is 0.307 e. The van der Waals surface area contributed by atoms with Crippen LogP contribution in [0.2, 0.25) is 0 Å². The maximum absolute atomic E-state index is 11.6. The molecule has 2 fully saturated rings. The molecule has 0 aliphatic carbocycles. The van der Waals surface area contributed by atoms with Crippen LogP contribution in [0.1, 0.15) is 52.4 Å². The first-order valence-corrected chi connectivity index (χ1v) is 8.18. The summed E-state index contributed by atoms with van der Waals surface area (Å²) >= 11 is 0. The summed E-state index contributed by atoms with van der Waals surface area (Å²) in [5, 5.41) is 0. The largest absolute Gasteiger partial charge is 0.469 e. The van der Waals surface area contributed by atoms with Gasteiger partial charge in [-0.3, -0.25) is 9.69 Å². The lowest BCUT2D eigenvalue weighted by molar-refractivity contribution is -0.142. The fraction of sp³-hybridized carbons (Fsp3) is 0.938. The zero-order valence-electron chi connectivity index (χ0n) is 13.3. The first kappa shape index (κ1) is 15.8. The second-order valence-corrected chi connectivity index (χ2v) is 6.53. The van der Waals surface area contributed by atoms with Crippen LogP contribution in [0.25, 0.3) is 0 Å². The molecule has 2 aliphatic rings. The first-order valence-electron chi connectivity index (χ1n) is 8.18. The summed E-state index contributed by atoms with van der Waals surface area (Å²) in [5.41, 5.74) is 0. The highest BCUT2D eigenvalue weighted by atomic mass is 16.5. The van der Waals surface area contributed by atoms with Crippen molar-refractivity contribution < 1.29 is 9.53 Å². The van der Waals surface area contributed by atoms with Crippen LogP contribution in [0, 0.1) is 0 Å². The van der Waals surface area contributed by atoms with Crippen molar-refractivity contribution >= 4 is 5.97 Å². The molecule has 1 atom stereocenters. The highest BCUT2D eigenvalue weighted by molar-refractivity contribution is 5.69. The zero-order chi connectivity index (χ0) is 14.5. The molecule has 0 aromatic carbocycles. The van der Waals surface area contributed by atoms with Crippen LogP contribution in [-0.4, -0.2) is 60.6 Å². The van der Waals surface area contributed by atoms with Gasteiger partial charge in [-0.15, -0.1) is 0 Å². The minimum Gasteiger partial charge on any atom is -0.469 e. The number of hydrogen-bond acceptors (Lipinski definition) is 4. The van der Waals surface area contributed by atoms with Gasteiger partial charge in [-0.1, -0.05) is 6.42 Å². The van der Waals surface area contributed by atoms with Crippen molar-refractivity contribution in [3.05, 3.63) is 0 Å². The molecule has 0 bridgehead atoms. The van der Waals surface area contributed by atoms with Gasteiger partial charge in [-0.2, -0.15) is 0 Å². The monoisotopic (exact) mass is 282 g/mol. The average molecular weight is 282 g/mol. The third kappa shape index (κ3) is 3.95. The van der Waals surface area contributed by atoms with Crippen molar-refractivity contribution in [1.82, 2.24) is 9.80 Å². The van der Waals surface area contributed by atoms with E-state index in [-0.39, 0.29) is 5.97 Å². The van der Waals surface area contributed by atoms with Crippen LogP contribution in [0.5, 0.6) is 0 Å². The molecular formula is C16H30N2O2. The van der Waals surface area contributed by atoms with Crippen LogP contribution in [-0.2, 0) is 9.53 Å². The lowest BCUT2D eigenvalue weighted by Gasteiger charge is -2.45. The molecule has 0 aromatic rings. The van der Waals surface area contributed by atoms with Crippen LogP contribution in [0.15, 0.2) is 0 Å². The van der Waals surface area contributed by atoms with Gasteiger partial charge in [0.05, 0.1) is 13.5 Å². The van der Waals surface area contributed by atoms with E-state index < -0.39 is 0 Å². The maximum Gasteiger partial charge on any atom is 0.307 e. The van der Waals surface area contributed by atoms with Crippen LogP contribution >= 0.6 is 0 Å². The number of rotatable bonds is 4. The van der Waals surface area contributed by atoms with Crippen molar-refractivity contribution in [1.29, 1.82) is 0 Å². The second-order valence-electron chi connectivity index (χ2n) is 6.53. The van der Waals surface area contributed by atoms with Crippen LogP contribution in [0.4, 0.5) is 0 Å². The van der Waals surface area contributed by atoms with Crippen LogP contribution in [0.3, 0.4) is 0 Å². The molecule has 2 heterocycles. The van der Waals surface area contributed by atoms with Gasteiger partial charge in [0.15, 0.2) is 0 Å². The Morgan fingerprint density at radius 3 is 2.45 bits per heavy atom. The minimum atomic E-state index is -0.0542. The average Bonchev–Trinajstić information content (AvgIpc) is 2.48. The summed E-state index contributed by atoms with van der Waals surface area (Å²) in [7, 11) is 1.50. The lowest BCUT2D eigenvalue weighted by Crippen LogP contribution is -2.52. The summed E-state index contributed by atoms with van der Waals surface area (Å²) in [6, 6.07) is 1.73. The van der Waals surface area contributed by atoms with E-state index in [1.807, 2.05) is 0 Å². The molecule has 2 saturated heterocycles. The third-order valence-electron chi connectivity index (χ3n) is 5.00. The summed E-state index contributed by atoms with van der Waals surface area (Å²) < 4.78 is 4.86. The second kappa shape index (κ2) is 7.41. The van der Waals surface area contributed by atoms with E-state index in [9.17, 15) is 4.79 Å². The summed E-state index contributed by atoms with van der Waals surface area (Å²) in [6.07, 6.45) is 6.75. The van der Waals surface area contributed by atoms with Gasteiger partial charge in [-0.05, 0) is 59.2 Å². The predicted octanol–water partition coefficient (Wildman–Crippen LogP) is 2.28. The Morgan fingerprint density at radius 1 is 1.15 bits per heavy atom. The lowest BCUT2D eigenvalue weighted by atomic mass is 9.93. The molecule has 116 valence electrons. The molecule has 2 rings (SSSR count). The van der Waals surface area contributed by atoms with Crippen molar-refractivity contribution in [3.63, 3.8) is 0 Å². The highest BCUT2D eigenvalue weighted by Crippen LogP contribution is 2.27. The van der Waals surface area contributed by atoms with Gasteiger partial charge < -0.3 is 9.64 Å². The Kier molecular flexibility index (Phi) is 5.85. The van der Waals surface area contributed by atoms with Gasteiger partial charge in [0.2, 0.25) is 0 Å². The number of carbonyl (C=O) groups excluding carboxylic acids is 1. The van der Waals surface area contributed by atoms with Gasteiger partial charge in [0.25, 0.3) is 0 Å². The number of methoxy groups -OCH3 is 1. The number of nitrogens with zero attached hydrogens (tertiary/aromatic N) is 2. The van der Waals surface area contributed by atoms with Crippen molar-refractivity contribution in [3.8, 4) is 0 Å². The fourth-order valence-electron chi connectivity index (χ4n) is 3.73. The molecule has 2 aliphatic heterocycles. The molecule has 1 unspecified atom stereocenters. The number of likely N-dealkylation sites (tertiary alicyclic amines) is 2. The molecule has 4 heteroatoms. The quantitative estimate of drug-likeness (QED) is 0.741. The third-order valence-corrected chi connectivity index (χ3v) is 5.00. The summed E-state index contributed by atoms with van der Waals surface area (Å²) in [5.74, 6) is -0.0542. The van der Waals surface area contributed by atoms with E-state index in [1.165, 1.54) is 45.9 Å². The Balaban J connectivity index is 1.90. The molecule has 0 aromatic heterocycles. The summed E-state index contributed by atoms with van der Waals surface area (Å²) in [4.78, 5) is 16.8. The van der Waals surface area contributed by atoms with Gasteiger partial charge in [-0.25, -0.2) is 0 Å². The molecule has 0 radical (unpaired) electrons. The molecule has 0 saturated carbocycles. The normalized spacial score (nSPS) is 26.9. The van der Waals surface area contributed by atoms with E-state index in [1.54, 1.807) is 0 Å². The molecular weight excluding hydrogens is 252 g/mol. The number of carbonyl (C=O) groups is 1. The number of esters is 1. The number of ether oxygens (including phenoxy) is 1. The van der Waals surface area contributed by atoms with E-state index in [0.29, 0.717) is 24.5 Å². The van der Waals surface area contributed by atoms with E-state index >= 15 is 0 Å². The Bertz CT molecular complexity index is 312. The Hall–Kier alpha value is -0.610. The molecule has 0 N–H and O–H groups in total. The molecule has 0 amide bonds. The van der Waals surface area contributed by atoms with Crippen molar-refractivity contribution in [2.45, 2.75) is 70.5 Å². The maximum atomic E-state index is 11.6. The predicted molar refractivity (Wildman–Crippen MR) is 80.7 cm³/mol. The van der Waals surface area contributed by atoms with Crippen LogP contribution < -0.4 is 0 Å². The fourth-order valence-corrected chi connectivity index (χ4v) is 3.73. The first-order chi connectivity index (χ1) is 9.61. The number of piperidine rings is 2. The molecule has 0 spiro atoms.